The highest BCUT2D eigenvalue weighted by atomic mass is 16.5. The Hall–Kier alpha value is -4.21. The van der Waals surface area contributed by atoms with Crippen LogP contribution in [0, 0.1) is 0 Å². The van der Waals surface area contributed by atoms with E-state index >= 15 is 0 Å². The molecule has 0 saturated carbocycles. The normalized spacial score (nSPS) is 13.7. The molecule has 9 heteroatoms. The number of ether oxygens (including phenoxy) is 2. The lowest BCUT2D eigenvalue weighted by Gasteiger charge is -2.26. The van der Waals surface area contributed by atoms with Gasteiger partial charge in [0.2, 0.25) is 5.91 Å². The van der Waals surface area contributed by atoms with E-state index in [1.165, 1.54) is 7.11 Å². The number of aliphatic carboxylic acids is 1. The maximum absolute atomic E-state index is 13.2. The summed E-state index contributed by atoms with van der Waals surface area (Å²) in [4.78, 5) is 39.8. The number of carbonyl (C=O) groups excluding carboxylic acids is 2. The minimum Gasteiger partial charge on any atom is -0.480 e. The zero-order valence-corrected chi connectivity index (χ0v) is 22.7. The van der Waals surface area contributed by atoms with Crippen molar-refractivity contribution in [3.63, 3.8) is 0 Å². The van der Waals surface area contributed by atoms with Gasteiger partial charge in [-0.15, -0.1) is 0 Å². The topological polar surface area (TPSA) is 117 Å². The minimum atomic E-state index is -1.18. The van der Waals surface area contributed by atoms with Crippen LogP contribution >= 0.6 is 0 Å². The number of nitrogens with zero attached hydrogens (tertiary/aromatic N) is 1. The fraction of sp³-hybridized carbons (Fsp3) is 0.323. The van der Waals surface area contributed by atoms with Gasteiger partial charge in [-0.3, -0.25) is 9.69 Å². The number of carboxylic acids is 1. The average Bonchev–Trinajstić information content (AvgIpc) is 3.27. The molecule has 3 aromatic rings. The zero-order valence-electron chi connectivity index (χ0n) is 22.7. The largest absolute Gasteiger partial charge is 0.480 e. The Morgan fingerprint density at radius 2 is 1.48 bits per heavy atom. The van der Waals surface area contributed by atoms with Gasteiger partial charge >= 0.3 is 12.1 Å². The van der Waals surface area contributed by atoms with E-state index in [4.69, 9.17) is 9.47 Å². The van der Waals surface area contributed by atoms with Crippen molar-refractivity contribution in [3.8, 4) is 11.1 Å². The molecule has 0 aliphatic heterocycles. The Morgan fingerprint density at radius 1 is 0.875 bits per heavy atom. The molecule has 0 saturated heterocycles. The van der Waals surface area contributed by atoms with Crippen LogP contribution in [0.15, 0.2) is 78.9 Å². The Morgan fingerprint density at radius 3 is 2.08 bits per heavy atom. The van der Waals surface area contributed by atoms with Crippen molar-refractivity contribution in [2.45, 2.75) is 31.0 Å². The number of likely N-dealkylation sites (N-methyl/N-ethyl adjacent to an activating group) is 1. The smallest absolute Gasteiger partial charge is 0.407 e. The van der Waals surface area contributed by atoms with Crippen LogP contribution < -0.4 is 10.6 Å². The predicted molar refractivity (Wildman–Crippen MR) is 151 cm³/mol. The third-order valence-corrected chi connectivity index (χ3v) is 6.97. The van der Waals surface area contributed by atoms with Crippen LogP contribution in [0.5, 0.6) is 0 Å². The fourth-order valence-corrected chi connectivity index (χ4v) is 5.01. The van der Waals surface area contributed by atoms with Crippen molar-refractivity contribution < 1.29 is 29.0 Å². The molecule has 2 unspecified atom stereocenters. The summed E-state index contributed by atoms with van der Waals surface area (Å²) in [6.45, 7) is 0.930. The first-order chi connectivity index (χ1) is 19.4. The van der Waals surface area contributed by atoms with E-state index in [-0.39, 0.29) is 32.1 Å². The van der Waals surface area contributed by atoms with Crippen molar-refractivity contribution in [1.82, 2.24) is 15.5 Å². The molecule has 40 heavy (non-hydrogen) atoms. The van der Waals surface area contributed by atoms with Crippen LogP contribution in [0.25, 0.3) is 11.1 Å². The molecule has 3 N–H and O–H groups in total. The summed E-state index contributed by atoms with van der Waals surface area (Å²) in [6, 6.07) is 23.6. The monoisotopic (exact) mass is 545 g/mol. The minimum absolute atomic E-state index is 0.0924. The van der Waals surface area contributed by atoms with Gasteiger partial charge < -0.3 is 25.2 Å². The number of methoxy groups -OCH3 is 1. The number of hydrogen-bond acceptors (Lipinski definition) is 6. The van der Waals surface area contributed by atoms with Gasteiger partial charge in [0.1, 0.15) is 18.7 Å². The van der Waals surface area contributed by atoms with Crippen LogP contribution in [0.2, 0.25) is 0 Å². The highest BCUT2D eigenvalue weighted by Crippen LogP contribution is 2.44. The second-order valence-corrected chi connectivity index (χ2v) is 9.89. The lowest BCUT2D eigenvalue weighted by Crippen LogP contribution is -2.55. The van der Waals surface area contributed by atoms with Crippen LogP contribution in [-0.4, -0.2) is 74.0 Å². The zero-order chi connectivity index (χ0) is 28.5. The van der Waals surface area contributed by atoms with Crippen molar-refractivity contribution in [3.05, 3.63) is 95.6 Å². The SMILES string of the molecule is COCCC(NC(=O)C(CN(C)Cc1ccccc1)NC(=O)OCC1c2ccccc2-c2ccccc21)C(=O)O. The summed E-state index contributed by atoms with van der Waals surface area (Å²) in [5.41, 5.74) is 5.42. The number of hydrogen-bond donors (Lipinski definition) is 3. The lowest BCUT2D eigenvalue weighted by molar-refractivity contribution is -0.142. The van der Waals surface area contributed by atoms with E-state index in [1.54, 1.807) is 0 Å². The number of carbonyl (C=O) groups is 3. The van der Waals surface area contributed by atoms with Crippen LogP contribution in [0.4, 0.5) is 4.79 Å². The summed E-state index contributed by atoms with van der Waals surface area (Å²) < 4.78 is 10.6. The Bertz CT molecular complexity index is 1270. The molecule has 3 aromatic carbocycles. The van der Waals surface area contributed by atoms with E-state index in [0.29, 0.717) is 6.54 Å². The number of amides is 2. The van der Waals surface area contributed by atoms with Gasteiger partial charge in [-0.25, -0.2) is 9.59 Å². The molecule has 1 aliphatic carbocycles. The number of rotatable bonds is 13. The van der Waals surface area contributed by atoms with Crippen molar-refractivity contribution in [2.24, 2.45) is 0 Å². The fourth-order valence-electron chi connectivity index (χ4n) is 5.01. The van der Waals surface area contributed by atoms with Crippen LogP contribution in [0.3, 0.4) is 0 Å². The van der Waals surface area contributed by atoms with Gasteiger partial charge in [-0.05, 0) is 34.9 Å². The first-order valence-electron chi connectivity index (χ1n) is 13.2. The maximum Gasteiger partial charge on any atom is 0.407 e. The van der Waals surface area contributed by atoms with E-state index < -0.39 is 30.1 Å². The molecule has 4 rings (SSSR count). The van der Waals surface area contributed by atoms with Crippen LogP contribution in [0.1, 0.15) is 29.0 Å². The van der Waals surface area contributed by atoms with Crippen molar-refractivity contribution in [2.75, 3.05) is 33.9 Å². The number of benzene rings is 3. The summed E-state index contributed by atoms with van der Waals surface area (Å²) in [5.74, 6) is -1.92. The second kappa shape index (κ2) is 13.7. The summed E-state index contributed by atoms with van der Waals surface area (Å²) >= 11 is 0. The first kappa shape index (κ1) is 28.8. The van der Waals surface area contributed by atoms with Gasteiger partial charge in [0.25, 0.3) is 0 Å². The van der Waals surface area contributed by atoms with Gasteiger partial charge in [0, 0.05) is 39.1 Å². The van der Waals surface area contributed by atoms with Crippen molar-refractivity contribution in [1.29, 1.82) is 0 Å². The Labute approximate surface area is 234 Å². The van der Waals surface area contributed by atoms with E-state index in [1.807, 2.05) is 78.7 Å². The molecule has 210 valence electrons. The molecule has 0 heterocycles. The molecular weight excluding hydrogens is 510 g/mol. The molecule has 9 nitrogen and oxygen atoms in total. The molecule has 0 fully saturated rings. The highest BCUT2D eigenvalue weighted by molar-refractivity contribution is 5.89. The number of fused-ring (bicyclic) bond motifs is 3. The molecule has 0 radical (unpaired) electrons. The Balaban J connectivity index is 1.44. The summed E-state index contributed by atoms with van der Waals surface area (Å²) in [5, 5.41) is 14.8. The van der Waals surface area contributed by atoms with E-state index in [2.05, 4.69) is 22.8 Å². The number of nitrogens with one attached hydrogen (secondary N) is 2. The van der Waals surface area contributed by atoms with Gasteiger partial charge in [-0.1, -0.05) is 78.9 Å². The third kappa shape index (κ3) is 7.25. The summed E-state index contributed by atoms with van der Waals surface area (Å²) in [6.07, 6.45) is -0.659. The standard InChI is InChI=1S/C31H35N3O6/c1-34(18-21-10-4-3-5-11-21)19-28(29(35)32-27(30(36)37)16-17-39-2)33-31(38)40-20-26-24-14-8-6-12-22(24)23-13-7-9-15-25(23)26/h3-15,26-28H,16-20H2,1-2H3,(H,32,35)(H,33,38)(H,36,37). The van der Waals surface area contributed by atoms with Crippen LogP contribution in [-0.2, 0) is 25.6 Å². The first-order valence-corrected chi connectivity index (χ1v) is 13.2. The van der Waals surface area contributed by atoms with Gasteiger partial charge in [0.15, 0.2) is 0 Å². The number of alkyl carbamates (subject to hydrolysis) is 1. The maximum atomic E-state index is 13.2. The molecule has 0 aromatic heterocycles. The highest BCUT2D eigenvalue weighted by Gasteiger charge is 2.31. The summed E-state index contributed by atoms with van der Waals surface area (Å²) in [7, 11) is 3.28. The molecule has 0 spiro atoms. The molecule has 0 bridgehead atoms. The molecule has 1 aliphatic rings. The molecule has 2 atom stereocenters. The van der Waals surface area contributed by atoms with Crippen molar-refractivity contribution >= 4 is 18.0 Å². The average molecular weight is 546 g/mol. The van der Waals surface area contributed by atoms with Gasteiger partial charge in [-0.2, -0.15) is 0 Å². The molecular formula is C31H35N3O6. The van der Waals surface area contributed by atoms with Gasteiger partial charge in [0.05, 0.1) is 0 Å². The number of carboxylic acid groups (broad SMARTS) is 1. The lowest BCUT2D eigenvalue weighted by atomic mass is 9.98. The predicted octanol–water partition coefficient (Wildman–Crippen LogP) is 3.63. The van der Waals surface area contributed by atoms with E-state index in [0.717, 1.165) is 27.8 Å². The van der Waals surface area contributed by atoms with E-state index in [9.17, 15) is 19.5 Å². The third-order valence-electron chi connectivity index (χ3n) is 6.97. The quantitative estimate of drug-likeness (QED) is 0.300. The molecule has 2 amide bonds. The Kier molecular flexibility index (Phi) is 9.88. The second-order valence-electron chi connectivity index (χ2n) is 9.89.